The maximum absolute atomic E-state index is 11.4. The first-order valence-corrected chi connectivity index (χ1v) is 13.6. The zero-order valence-electron chi connectivity index (χ0n) is 20.5. The normalized spacial score (nSPS) is 39.8. The average molecular weight is 457 g/mol. The highest BCUT2D eigenvalue weighted by molar-refractivity contribution is 5.56. The van der Waals surface area contributed by atoms with Crippen LogP contribution >= 0.6 is 0 Å². The molecule has 2 aromatic rings. The molecule has 178 valence electrons. The van der Waals surface area contributed by atoms with E-state index in [1.165, 1.54) is 62.7 Å². The summed E-state index contributed by atoms with van der Waals surface area (Å²) in [5.74, 6) is 3.72. The van der Waals surface area contributed by atoms with Crippen LogP contribution in [0.5, 0.6) is 5.75 Å². The summed E-state index contributed by atoms with van der Waals surface area (Å²) < 4.78 is 0. The van der Waals surface area contributed by atoms with E-state index in [9.17, 15) is 5.11 Å². The van der Waals surface area contributed by atoms with Crippen molar-refractivity contribution in [3.05, 3.63) is 46.8 Å². The first-order valence-electron chi connectivity index (χ1n) is 13.6. The van der Waals surface area contributed by atoms with E-state index < -0.39 is 0 Å². The van der Waals surface area contributed by atoms with Gasteiger partial charge in [-0.25, -0.2) is 9.97 Å². The van der Waals surface area contributed by atoms with E-state index in [0.717, 1.165) is 36.2 Å². The van der Waals surface area contributed by atoms with Crippen LogP contribution in [0.1, 0.15) is 61.0 Å². The maximum Gasteiger partial charge on any atom is 0.226 e. The largest absolute Gasteiger partial charge is 0.508 e. The SMILES string of the molecule is Cc1cc(C)nc(N2C[C@H]3C[C@@]45CCC2C3[C@@]42CCN(CC3CC3)[C@@H]5Cc3cccc(O)c32)n1. The van der Waals surface area contributed by atoms with Gasteiger partial charge in [0.25, 0.3) is 0 Å². The lowest BCUT2D eigenvalue weighted by Gasteiger charge is -2.66. The van der Waals surface area contributed by atoms with Gasteiger partial charge in [0.05, 0.1) is 0 Å². The van der Waals surface area contributed by atoms with E-state index in [2.05, 4.69) is 41.8 Å². The first-order chi connectivity index (χ1) is 16.5. The first kappa shape index (κ1) is 20.1. The molecule has 2 saturated heterocycles. The Morgan fingerprint density at radius 3 is 2.71 bits per heavy atom. The third kappa shape index (κ3) is 2.35. The average Bonchev–Trinajstić information content (AvgIpc) is 3.48. The molecule has 1 aromatic carbocycles. The molecule has 0 spiro atoms. The minimum absolute atomic E-state index is 0.109. The number of fused-ring (bicyclic) bond motifs is 1. The molecule has 1 N–H and O–H groups in total. The molecule has 5 heteroatoms. The summed E-state index contributed by atoms with van der Waals surface area (Å²) in [5.41, 5.74) is 5.35. The monoisotopic (exact) mass is 456 g/mol. The van der Waals surface area contributed by atoms with Gasteiger partial charge in [-0.2, -0.15) is 0 Å². The van der Waals surface area contributed by atoms with Crippen molar-refractivity contribution in [1.29, 1.82) is 0 Å². The number of phenols is 1. The van der Waals surface area contributed by atoms with Gasteiger partial charge in [0.15, 0.2) is 0 Å². The summed E-state index contributed by atoms with van der Waals surface area (Å²) >= 11 is 0. The van der Waals surface area contributed by atoms with Gasteiger partial charge in [-0.1, -0.05) is 12.1 Å². The molecular formula is C29H36N4O. The molecule has 3 heterocycles. The molecule has 8 rings (SSSR count). The van der Waals surface area contributed by atoms with Crippen molar-refractivity contribution in [2.75, 3.05) is 24.5 Å². The number of likely N-dealkylation sites (tertiary alicyclic amines) is 1. The summed E-state index contributed by atoms with van der Waals surface area (Å²) in [6.45, 7) is 7.77. The van der Waals surface area contributed by atoms with Gasteiger partial charge in [-0.15, -0.1) is 0 Å². The highest BCUT2D eigenvalue weighted by Crippen LogP contribution is 2.76. The molecule has 3 saturated carbocycles. The zero-order valence-corrected chi connectivity index (χ0v) is 20.5. The Balaban J connectivity index is 1.29. The molecule has 2 unspecified atom stereocenters. The van der Waals surface area contributed by atoms with Gasteiger partial charge >= 0.3 is 0 Å². The van der Waals surface area contributed by atoms with Crippen molar-refractivity contribution >= 4 is 5.95 Å². The van der Waals surface area contributed by atoms with E-state index in [1.807, 2.05) is 6.07 Å². The van der Waals surface area contributed by atoms with Crippen molar-refractivity contribution in [3.8, 4) is 5.75 Å². The van der Waals surface area contributed by atoms with Gasteiger partial charge in [0, 0.05) is 47.5 Å². The number of piperidine rings is 1. The lowest BCUT2D eigenvalue weighted by atomic mass is 9.43. The van der Waals surface area contributed by atoms with Crippen molar-refractivity contribution in [1.82, 2.24) is 14.9 Å². The number of benzene rings is 1. The Bertz CT molecular complexity index is 1170. The van der Waals surface area contributed by atoms with Crippen LogP contribution in [0.25, 0.3) is 0 Å². The third-order valence-corrected chi connectivity index (χ3v) is 11.0. The number of anilines is 1. The molecular weight excluding hydrogens is 420 g/mol. The standard InChI is InChI=1S/C29H36N4O/c1-17-12-18(2)31-27(30-17)33-16-21-14-28-9-8-22(33)25(21)29(28)10-11-32(15-19-6-7-19)24(28)13-20-4-3-5-23(34)26(20)29/h3-5,12,19,21-22,24-25,34H,6-11,13-16H2,1-2H3/t21-,22?,24-,25?,28-,29-/m1/s1. The van der Waals surface area contributed by atoms with E-state index in [-0.39, 0.29) is 5.41 Å². The van der Waals surface area contributed by atoms with Crippen molar-refractivity contribution in [2.45, 2.75) is 76.3 Å². The second kappa shape index (κ2) is 6.54. The van der Waals surface area contributed by atoms with Crippen molar-refractivity contribution in [2.24, 2.45) is 23.2 Å². The number of hydrogen-bond donors (Lipinski definition) is 1. The van der Waals surface area contributed by atoms with E-state index >= 15 is 0 Å². The number of hydrogen-bond acceptors (Lipinski definition) is 5. The molecule has 0 amide bonds. The van der Waals surface area contributed by atoms with Crippen LogP contribution in [0, 0.1) is 37.0 Å². The number of phenolic OH excluding ortho intramolecular Hbond substituents is 1. The lowest BCUT2D eigenvalue weighted by molar-refractivity contribution is -0.0929. The van der Waals surface area contributed by atoms with Crippen LogP contribution in [-0.4, -0.2) is 51.7 Å². The molecule has 4 bridgehead atoms. The minimum Gasteiger partial charge on any atom is -0.508 e. The Labute approximate surface area is 202 Å². The zero-order chi connectivity index (χ0) is 22.8. The highest BCUT2D eigenvalue weighted by atomic mass is 16.3. The topological polar surface area (TPSA) is 52.5 Å². The van der Waals surface area contributed by atoms with Crippen LogP contribution in [0.15, 0.2) is 24.3 Å². The third-order valence-electron chi connectivity index (χ3n) is 11.0. The van der Waals surface area contributed by atoms with Gasteiger partial charge < -0.3 is 10.0 Å². The van der Waals surface area contributed by atoms with Gasteiger partial charge in [0.2, 0.25) is 5.95 Å². The summed E-state index contributed by atoms with van der Waals surface area (Å²) in [5, 5.41) is 11.4. The fraction of sp³-hybridized carbons (Fsp3) is 0.655. The Morgan fingerprint density at radius 1 is 1.09 bits per heavy atom. The van der Waals surface area contributed by atoms with Crippen molar-refractivity contribution < 1.29 is 5.11 Å². The molecule has 2 aliphatic heterocycles. The molecule has 5 nitrogen and oxygen atoms in total. The van der Waals surface area contributed by atoms with Crippen molar-refractivity contribution in [3.63, 3.8) is 0 Å². The Hall–Kier alpha value is -2.14. The fourth-order valence-corrected chi connectivity index (χ4v) is 10.1. The maximum atomic E-state index is 11.4. The predicted octanol–water partition coefficient (Wildman–Crippen LogP) is 4.38. The summed E-state index contributed by atoms with van der Waals surface area (Å²) in [6.07, 6.45) is 9.04. The van der Waals surface area contributed by atoms with Crippen LogP contribution in [0.2, 0.25) is 0 Å². The minimum atomic E-state index is 0.109. The molecule has 5 fully saturated rings. The van der Waals surface area contributed by atoms with Crippen LogP contribution < -0.4 is 4.90 Å². The number of aryl methyl sites for hydroxylation is 2. The van der Waals surface area contributed by atoms with Crippen LogP contribution in [0.4, 0.5) is 5.95 Å². The van der Waals surface area contributed by atoms with E-state index in [0.29, 0.717) is 35.1 Å². The lowest BCUT2D eigenvalue weighted by Crippen LogP contribution is -2.69. The number of nitrogens with zero attached hydrogens (tertiary/aromatic N) is 4. The molecule has 6 atom stereocenters. The summed E-state index contributed by atoms with van der Waals surface area (Å²) in [7, 11) is 0. The van der Waals surface area contributed by atoms with Gasteiger partial charge in [0.1, 0.15) is 5.75 Å². The Kier molecular flexibility index (Phi) is 3.87. The van der Waals surface area contributed by atoms with E-state index in [1.54, 1.807) is 0 Å². The molecule has 6 aliphatic rings. The number of rotatable bonds is 3. The number of aromatic nitrogens is 2. The fourth-order valence-electron chi connectivity index (χ4n) is 10.1. The molecule has 1 aromatic heterocycles. The smallest absolute Gasteiger partial charge is 0.226 e. The summed E-state index contributed by atoms with van der Waals surface area (Å²) in [4.78, 5) is 15.3. The summed E-state index contributed by atoms with van der Waals surface area (Å²) in [6, 6.07) is 9.60. The van der Waals surface area contributed by atoms with Crippen LogP contribution in [-0.2, 0) is 11.8 Å². The second-order valence-electron chi connectivity index (χ2n) is 12.5. The molecule has 4 aliphatic carbocycles. The molecule has 0 radical (unpaired) electrons. The molecule has 34 heavy (non-hydrogen) atoms. The predicted molar refractivity (Wildman–Crippen MR) is 132 cm³/mol. The van der Waals surface area contributed by atoms with Crippen LogP contribution in [0.3, 0.4) is 0 Å². The Morgan fingerprint density at radius 2 is 1.91 bits per heavy atom. The quantitative estimate of drug-likeness (QED) is 0.743. The number of aromatic hydroxyl groups is 1. The van der Waals surface area contributed by atoms with Gasteiger partial charge in [-0.3, -0.25) is 4.90 Å². The van der Waals surface area contributed by atoms with Gasteiger partial charge in [-0.05, 0) is 106 Å². The second-order valence-corrected chi connectivity index (χ2v) is 12.5. The van der Waals surface area contributed by atoms with E-state index in [4.69, 9.17) is 9.97 Å². The highest BCUT2D eigenvalue weighted by Gasteiger charge is 2.76.